The molecule has 3 heterocycles. The van der Waals surface area contributed by atoms with Crippen LogP contribution in [-0.2, 0) is 17.6 Å². The van der Waals surface area contributed by atoms with Gasteiger partial charge in [0.1, 0.15) is 0 Å². The Morgan fingerprint density at radius 3 is 2.45 bits per heavy atom. The van der Waals surface area contributed by atoms with E-state index in [9.17, 15) is 19.5 Å². The zero-order valence-corrected chi connectivity index (χ0v) is 27.3. The summed E-state index contributed by atoms with van der Waals surface area (Å²) in [6.07, 6.45) is 2.84. The van der Waals surface area contributed by atoms with Crippen molar-refractivity contribution >= 4 is 55.6 Å². The third-order valence-electron chi connectivity index (χ3n) is 9.17. The number of fused-ring (bicyclic) bond motifs is 1. The second-order valence-electron chi connectivity index (χ2n) is 11.8. The molecule has 2 N–H and O–H groups in total. The monoisotopic (exact) mass is 703 g/mol. The molecule has 4 amide bonds. The molecule has 2 unspecified atom stereocenters. The van der Waals surface area contributed by atoms with Crippen molar-refractivity contribution in [1.82, 2.24) is 19.6 Å². The van der Waals surface area contributed by atoms with E-state index in [1.165, 1.54) is 4.90 Å². The number of hydrogen-bond donors (Lipinski definition) is 2. The van der Waals surface area contributed by atoms with E-state index in [-0.39, 0.29) is 24.5 Å². The van der Waals surface area contributed by atoms with Gasteiger partial charge in [-0.05, 0) is 114 Å². The zero-order valence-electron chi connectivity index (χ0n) is 24.1. The standard InChI is InChI=1S/C31H39Br2N5O4/c1-35(2)22-10-13-36(14-11-22)29(39)24(17-20-7-8-25(32)26(33)18-20)28-19-23(12-16-38(28)31(41)42)37-15-9-21-5-3-4-6-27(21)34-30(37)40/h3-8,18,22-24,28H,9-17,19H2,1-2H3,(H,34,40)(H,41,42)/t23?,24?,28-/m1/s1. The molecule has 42 heavy (non-hydrogen) atoms. The molecule has 2 aromatic rings. The summed E-state index contributed by atoms with van der Waals surface area (Å²) in [5.74, 6) is -0.573. The lowest BCUT2D eigenvalue weighted by Gasteiger charge is -2.46. The SMILES string of the molecule is CN(C)C1CCN(C(=O)C(Cc2ccc(Br)c(Br)c2)[C@H]2CC(N3CCc4ccccc4NC3=O)CCN2C(=O)O)CC1. The largest absolute Gasteiger partial charge is 0.465 e. The summed E-state index contributed by atoms with van der Waals surface area (Å²) >= 11 is 7.12. The normalized spacial score (nSPS) is 22.4. The lowest BCUT2D eigenvalue weighted by Crippen LogP contribution is -2.59. The zero-order chi connectivity index (χ0) is 30.0. The predicted octanol–water partition coefficient (Wildman–Crippen LogP) is 5.52. The van der Waals surface area contributed by atoms with Crippen LogP contribution in [-0.4, -0.2) is 101 Å². The van der Waals surface area contributed by atoms with Crippen LogP contribution < -0.4 is 5.32 Å². The second-order valence-corrected chi connectivity index (χ2v) is 13.5. The number of carbonyl (C=O) groups is 3. The number of amides is 4. The summed E-state index contributed by atoms with van der Waals surface area (Å²) in [5.41, 5.74) is 2.87. The van der Waals surface area contributed by atoms with Crippen molar-refractivity contribution in [2.24, 2.45) is 5.92 Å². The number of anilines is 1. The van der Waals surface area contributed by atoms with Crippen molar-refractivity contribution in [2.75, 3.05) is 45.6 Å². The van der Waals surface area contributed by atoms with Gasteiger partial charge in [-0.15, -0.1) is 0 Å². The van der Waals surface area contributed by atoms with Gasteiger partial charge in [-0.25, -0.2) is 9.59 Å². The third-order valence-corrected chi connectivity index (χ3v) is 11.1. The minimum Gasteiger partial charge on any atom is -0.465 e. The van der Waals surface area contributed by atoms with Gasteiger partial charge in [-0.2, -0.15) is 0 Å². The maximum absolute atomic E-state index is 14.3. The van der Waals surface area contributed by atoms with Gasteiger partial charge in [-0.1, -0.05) is 24.3 Å². The molecule has 0 aromatic heterocycles. The smallest absolute Gasteiger partial charge is 0.407 e. The fourth-order valence-electron chi connectivity index (χ4n) is 6.76. The lowest BCUT2D eigenvalue weighted by atomic mass is 9.82. The number of halogens is 2. The minimum atomic E-state index is -1.02. The van der Waals surface area contributed by atoms with E-state index in [1.54, 1.807) is 0 Å². The molecule has 9 nitrogen and oxygen atoms in total. The number of likely N-dealkylation sites (tertiary alicyclic amines) is 2. The highest BCUT2D eigenvalue weighted by Crippen LogP contribution is 2.34. The van der Waals surface area contributed by atoms with Gasteiger partial charge < -0.3 is 30.0 Å². The number of benzene rings is 2. The van der Waals surface area contributed by atoms with Crippen molar-refractivity contribution in [3.63, 3.8) is 0 Å². The second kappa shape index (κ2) is 13.3. The van der Waals surface area contributed by atoms with Crippen molar-refractivity contribution in [1.29, 1.82) is 0 Å². The molecule has 0 radical (unpaired) electrons. The number of carbonyl (C=O) groups excluding carboxylic acids is 2. The Bertz CT molecular complexity index is 1320. The van der Waals surface area contributed by atoms with Gasteiger partial charge in [0.15, 0.2) is 0 Å². The first kappa shape index (κ1) is 30.8. The summed E-state index contributed by atoms with van der Waals surface area (Å²) in [6.45, 7) is 2.12. The molecule has 0 saturated carbocycles. The number of para-hydroxylation sites is 1. The highest BCUT2D eigenvalue weighted by Gasteiger charge is 2.44. The molecule has 0 spiro atoms. The summed E-state index contributed by atoms with van der Waals surface area (Å²) in [7, 11) is 4.14. The highest BCUT2D eigenvalue weighted by atomic mass is 79.9. The topological polar surface area (TPSA) is 96.4 Å². The molecule has 3 aliphatic rings. The van der Waals surface area contributed by atoms with Crippen LogP contribution in [0.3, 0.4) is 0 Å². The van der Waals surface area contributed by atoms with Crippen LogP contribution in [0.5, 0.6) is 0 Å². The minimum absolute atomic E-state index is 0.00382. The number of carboxylic acid groups (broad SMARTS) is 1. The lowest BCUT2D eigenvalue weighted by molar-refractivity contribution is -0.140. The molecule has 2 saturated heterocycles. The van der Waals surface area contributed by atoms with E-state index in [2.05, 4.69) is 56.2 Å². The maximum Gasteiger partial charge on any atom is 0.407 e. The Morgan fingerprint density at radius 2 is 1.76 bits per heavy atom. The van der Waals surface area contributed by atoms with Crippen LogP contribution in [0.1, 0.15) is 36.8 Å². The molecule has 2 aromatic carbocycles. The molecule has 0 aliphatic carbocycles. The van der Waals surface area contributed by atoms with Crippen LogP contribution in [0.25, 0.3) is 0 Å². The fraction of sp³-hybridized carbons (Fsp3) is 0.516. The van der Waals surface area contributed by atoms with Gasteiger partial charge in [0.05, 0.1) is 5.92 Å². The van der Waals surface area contributed by atoms with Crippen LogP contribution in [0.15, 0.2) is 51.4 Å². The van der Waals surface area contributed by atoms with Crippen molar-refractivity contribution in [3.05, 3.63) is 62.5 Å². The van der Waals surface area contributed by atoms with Gasteiger partial charge in [0.2, 0.25) is 5.91 Å². The van der Waals surface area contributed by atoms with E-state index in [0.29, 0.717) is 44.9 Å². The molecular formula is C31H39Br2N5O4. The molecular weight excluding hydrogens is 666 g/mol. The number of nitrogens with zero attached hydrogens (tertiary/aromatic N) is 4. The average molecular weight is 705 g/mol. The molecule has 11 heteroatoms. The van der Waals surface area contributed by atoms with Gasteiger partial charge >= 0.3 is 12.1 Å². The number of urea groups is 1. The number of rotatable bonds is 6. The summed E-state index contributed by atoms with van der Waals surface area (Å²) in [4.78, 5) is 47.7. The first-order chi connectivity index (χ1) is 20.1. The number of piperidine rings is 2. The quantitative estimate of drug-likeness (QED) is 0.413. The average Bonchev–Trinajstić information content (AvgIpc) is 3.15. The molecule has 226 valence electrons. The van der Waals surface area contributed by atoms with Gasteiger partial charge in [0, 0.05) is 58.9 Å². The van der Waals surface area contributed by atoms with Crippen LogP contribution in [0.2, 0.25) is 0 Å². The Balaban J connectivity index is 1.43. The van der Waals surface area contributed by atoms with E-state index in [0.717, 1.165) is 45.0 Å². The summed E-state index contributed by atoms with van der Waals surface area (Å²) in [5, 5.41) is 13.3. The Labute approximate surface area is 264 Å². The highest BCUT2D eigenvalue weighted by molar-refractivity contribution is 9.13. The Kier molecular flexibility index (Phi) is 9.79. The van der Waals surface area contributed by atoms with E-state index in [1.807, 2.05) is 52.3 Å². The number of hydrogen-bond acceptors (Lipinski definition) is 4. The Morgan fingerprint density at radius 1 is 1.02 bits per heavy atom. The van der Waals surface area contributed by atoms with Crippen LogP contribution in [0, 0.1) is 5.92 Å². The van der Waals surface area contributed by atoms with E-state index in [4.69, 9.17) is 0 Å². The van der Waals surface area contributed by atoms with Crippen molar-refractivity contribution in [2.45, 2.75) is 56.7 Å². The number of nitrogens with one attached hydrogen (secondary N) is 1. The van der Waals surface area contributed by atoms with Crippen LogP contribution in [0.4, 0.5) is 15.3 Å². The summed E-state index contributed by atoms with van der Waals surface area (Å²) < 4.78 is 1.80. The fourth-order valence-corrected chi connectivity index (χ4v) is 7.44. The molecule has 3 atom stereocenters. The van der Waals surface area contributed by atoms with E-state index < -0.39 is 18.1 Å². The van der Waals surface area contributed by atoms with Crippen molar-refractivity contribution in [3.8, 4) is 0 Å². The van der Waals surface area contributed by atoms with Crippen LogP contribution >= 0.6 is 31.9 Å². The molecule has 5 rings (SSSR count). The molecule has 3 aliphatic heterocycles. The first-order valence-electron chi connectivity index (χ1n) is 14.7. The Hall–Kier alpha value is -2.63. The van der Waals surface area contributed by atoms with Gasteiger partial charge in [-0.3, -0.25) is 4.79 Å². The molecule has 2 fully saturated rings. The first-order valence-corrected chi connectivity index (χ1v) is 16.2. The van der Waals surface area contributed by atoms with Gasteiger partial charge in [0.25, 0.3) is 0 Å². The van der Waals surface area contributed by atoms with E-state index >= 15 is 0 Å². The predicted molar refractivity (Wildman–Crippen MR) is 170 cm³/mol. The maximum atomic E-state index is 14.3. The third kappa shape index (κ3) is 6.78. The molecule has 0 bridgehead atoms. The summed E-state index contributed by atoms with van der Waals surface area (Å²) in [6, 6.07) is 13.3. The van der Waals surface area contributed by atoms with Crippen molar-refractivity contribution < 1.29 is 19.5 Å².